The number of ether oxygens (including phenoxy) is 1. The average Bonchev–Trinajstić information content (AvgIpc) is 2.98. The van der Waals surface area contributed by atoms with Gasteiger partial charge in [0.25, 0.3) is 0 Å². The van der Waals surface area contributed by atoms with Crippen LogP contribution in [0.3, 0.4) is 0 Å². The highest BCUT2D eigenvalue weighted by Crippen LogP contribution is 2.27. The van der Waals surface area contributed by atoms with Crippen LogP contribution in [0.1, 0.15) is 5.56 Å². The lowest BCUT2D eigenvalue weighted by Crippen LogP contribution is -2.10. The zero-order valence-corrected chi connectivity index (χ0v) is 12.5. The van der Waals surface area contributed by atoms with Crippen molar-refractivity contribution >= 4 is 23.0 Å². The van der Waals surface area contributed by atoms with Crippen LogP contribution >= 0.6 is 11.8 Å². The summed E-state index contributed by atoms with van der Waals surface area (Å²) in [5.74, 6) is 1.62. The van der Waals surface area contributed by atoms with Crippen LogP contribution in [0.15, 0.2) is 64.5 Å². The highest BCUT2D eigenvalue weighted by molar-refractivity contribution is 8.17. The van der Waals surface area contributed by atoms with Gasteiger partial charge in [-0.1, -0.05) is 42.1 Å². The van der Waals surface area contributed by atoms with Gasteiger partial charge in [-0.05, 0) is 35.9 Å². The number of nitrogens with one attached hydrogen (secondary N) is 1. The van der Waals surface area contributed by atoms with Gasteiger partial charge >= 0.3 is 0 Å². The van der Waals surface area contributed by atoms with Gasteiger partial charge in [0.2, 0.25) is 0 Å². The Balaban J connectivity index is 1.64. The minimum absolute atomic E-state index is 0.608. The van der Waals surface area contributed by atoms with Crippen molar-refractivity contribution in [3.05, 3.63) is 65.1 Å². The lowest BCUT2D eigenvalue weighted by Gasteiger charge is -2.05. The molecule has 4 nitrogen and oxygen atoms in total. The van der Waals surface area contributed by atoms with E-state index in [2.05, 4.69) is 16.4 Å². The number of aliphatic imine (C=N–C) groups is 1. The lowest BCUT2D eigenvalue weighted by molar-refractivity contribution is 0.482. The quantitative estimate of drug-likeness (QED) is 0.688. The predicted molar refractivity (Wildman–Crippen MR) is 89.6 cm³/mol. The van der Waals surface area contributed by atoms with E-state index in [9.17, 15) is 0 Å². The smallest absolute Gasteiger partial charge is 0.183 e. The second kappa shape index (κ2) is 6.83. The average molecular weight is 307 g/mol. The van der Waals surface area contributed by atoms with Crippen LogP contribution in [0, 0.1) is 11.5 Å². The molecule has 0 atom stereocenters. The van der Waals surface area contributed by atoms with Gasteiger partial charge in [-0.2, -0.15) is 5.26 Å². The molecule has 0 saturated carbocycles. The Morgan fingerprint density at radius 2 is 1.82 bits per heavy atom. The molecule has 1 aliphatic heterocycles. The molecule has 2 aromatic rings. The number of amidine groups is 1. The number of nitriles is 1. The third-order valence-electron chi connectivity index (χ3n) is 2.96. The summed E-state index contributed by atoms with van der Waals surface area (Å²) in [6.45, 7) is 0.608. The summed E-state index contributed by atoms with van der Waals surface area (Å²) >= 11 is 1.48. The van der Waals surface area contributed by atoms with Crippen LogP contribution in [-0.2, 0) is 0 Å². The Morgan fingerprint density at radius 3 is 2.55 bits per heavy atom. The fourth-order valence-corrected chi connectivity index (χ4v) is 2.77. The molecule has 1 aliphatic rings. The monoisotopic (exact) mass is 307 g/mol. The largest absolute Gasteiger partial charge is 0.457 e. The Hall–Kier alpha value is -2.71. The Kier molecular flexibility index (Phi) is 4.42. The van der Waals surface area contributed by atoms with E-state index in [1.807, 2.05) is 60.8 Å². The molecule has 0 aromatic heterocycles. The zero-order valence-electron chi connectivity index (χ0n) is 11.7. The molecule has 0 radical (unpaired) electrons. The molecule has 22 heavy (non-hydrogen) atoms. The molecule has 5 heteroatoms. The first kappa shape index (κ1) is 14.2. The summed E-state index contributed by atoms with van der Waals surface area (Å²) in [5.41, 5.74) is 1.08. The first-order chi connectivity index (χ1) is 10.8. The van der Waals surface area contributed by atoms with Crippen molar-refractivity contribution in [1.29, 1.82) is 5.26 Å². The fourth-order valence-electron chi connectivity index (χ4n) is 1.97. The number of thioether (sulfide) groups is 1. The van der Waals surface area contributed by atoms with E-state index in [0.717, 1.165) is 22.0 Å². The van der Waals surface area contributed by atoms with Crippen LogP contribution in [0.2, 0.25) is 0 Å². The van der Waals surface area contributed by atoms with Gasteiger partial charge in [0.05, 0.1) is 6.54 Å². The molecule has 0 spiro atoms. The van der Waals surface area contributed by atoms with Crippen molar-refractivity contribution in [3.63, 3.8) is 0 Å². The summed E-state index contributed by atoms with van der Waals surface area (Å²) in [5, 5.41) is 11.8. The highest BCUT2D eigenvalue weighted by Gasteiger charge is 2.12. The van der Waals surface area contributed by atoms with E-state index < -0.39 is 0 Å². The molecule has 0 bridgehead atoms. The molecule has 108 valence electrons. The Morgan fingerprint density at radius 1 is 1.09 bits per heavy atom. The number of benzene rings is 2. The number of hydrogen-bond acceptors (Lipinski definition) is 5. The van der Waals surface area contributed by atoms with Gasteiger partial charge in [0, 0.05) is 4.91 Å². The molecule has 2 aromatic carbocycles. The van der Waals surface area contributed by atoms with Gasteiger partial charge in [0.15, 0.2) is 11.4 Å². The van der Waals surface area contributed by atoms with Gasteiger partial charge in [-0.3, -0.25) is 10.3 Å². The summed E-state index contributed by atoms with van der Waals surface area (Å²) in [4.78, 5) is 5.34. The molecule has 1 N–H and O–H groups in total. The van der Waals surface area contributed by atoms with Gasteiger partial charge < -0.3 is 4.74 Å². The van der Waals surface area contributed by atoms with Crippen LogP contribution in [0.25, 0.3) is 6.08 Å². The summed E-state index contributed by atoms with van der Waals surface area (Å²) in [7, 11) is 0. The molecule has 1 heterocycles. The second-order valence-corrected chi connectivity index (χ2v) is 5.67. The molecular formula is C17H13N3OS. The van der Waals surface area contributed by atoms with Gasteiger partial charge in [-0.15, -0.1) is 0 Å². The fraction of sp³-hybridized carbons (Fsp3) is 0.0588. The molecule has 0 saturated heterocycles. The van der Waals surface area contributed by atoms with Crippen LogP contribution < -0.4 is 10.1 Å². The van der Waals surface area contributed by atoms with Gasteiger partial charge in [-0.25, -0.2) is 0 Å². The van der Waals surface area contributed by atoms with Crippen LogP contribution in [0.5, 0.6) is 11.5 Å². The third-order valence-corrected chi connectivity index (χ3v) is 3.89. The molecule has 0 aliphatic carbocycles. The molecular weight excluding hydrogens is 294 g/mol. The summed E-state index contributed by atoms with van der Waals surface area (Å²) in [6.07, 6.45) is 3.94. The van der Waals surface area contributed by atoms with Crippen LogP contribution in [0.4, 0.5) is 0 Å². The maximum Gasteiger partial charge on any atom is 0.183 e. The van der Waals surface area contributed by atoms with E-state index in [4.69, 9.17) is 10.00 Å². The minimum Gasteiger partial charge on any atom is -0.457 e. The number of hydrogen-bond donors (Lipinski definition) is 1. The lowest BCUT2D eigenvalue weighted by atomic mass is 10.2. The van der Waals surface area contributed by atoms with Crippen molar-refractivity contribution in [2.24, 2.45) is 4.99 Å². The maximum atomic E-state index is 8.57. The minimum atomic E-state index is 0.608. The summed E-state index contributed by atoms with van der Waals surface area (Å²) in [6, 6.07) is 17.6. The Bertz CT molecular complexity index is 746. The predicted octanol–water partition coefficient (Wildman–Crippen LogP) is 3.99. The third kappa shape index (κ3) is 3.68. The van der Waals surface area contributed by atoms with E-state index in [0.29, 0.717) is 11.7 Å². The van der Waals surface area contributed by atoms with Crippen molar-refractivity contribution in [2.45, 2.75) is 0 Å². The first-order valence-electron chi connectivity index (χ1n) is 6.74. The standard InChI is InChI=1S/C17H13N3OS/c18-12-20-17-19-11-16(22-17)10-13-6-8-15(9-7-13)21-14-4-2-1-3-5-14/h1-10H,11H2,(H,19,20). The molecule has 0 fully saturated rings. The van der Waals surface area contributed by atoms with E-state index >= 15 is 0 Å². The van der Waals surface area contributed by atoms with E-state index in [-0.39, 0.29) is 0 Å². The second-order valence-electron chi connectivity index (χ2n) is 4.56. The Labute approximate surface area is 133 Å². The molecule has 0 unspecified atom stereocenters. The van der Waals surface area contributed by atoms with E-state index in [1.54, 1.807) is 0 Å². The molecule has 3 rings (SSSR count). The number of para-hydroxylation sites is 1. The topological polar surface area (TPSA) is 57.4 Å². The number of rotatable bonds is 3. The SMILES string of the molecule is N#CNC1=NCC(=Cc2ccc(Oc3ccccc3)cc2)S1. The van der Waals surface area contributed by atoms with Crippen molar-refractivity contribution < 1.29 is 4.74 Å². The van der Waals surface area contributed by atoms with Crippen molar-refractivity contribution in [2.75, 3.05) is 6.54 Å². The highest BCUT2D eigenvalue weighted by atomic mass is 32.2. The van der Waals surface area contributed by atoms with Crippen LogP contribution in [-0.4, -0.2) is 11.7 Å². The van der Waals surface area contributed by atoms with Crippen molar-refractivity contribution in [3.8, 4) is 17.7 Å². The summed E-state index contributed by atoms with van der Waals surface area (Å²) < 4.78 is 5.76. The van der Waals surface area contributed by atoms with Gasteiger partial charge in [0.1, 0.15) is 11.5 Å². The zero-order chi connectivity index (χ0) is 15.2. The maximum absolute atomic E-state index is 8.57. The molecule has 0 amide bonds. The van der Waals surface area contributed by atoms with E-state index in [1.165, 1.54) is 11.8 Å². The van der Waals surface area contributed by atoms with Crippen molar-refractivity contribution in [1.82, 2.24) is 5.32 Å². The normalized spacial score (nSPS) is 15.2. The first-order valence-corrected chi connectivity index (χ1v) is 7.56. The number of nitrogens with zero attached hydrogens (tertiary/aromatic N) is 2.